The average molecular weight is 754 g/mol. The molecule has 3 aromatic rings. The van der Waals surface area contributed by atoms with Crippen LogP contribution in [0, 0.1) is 17.7 Å². The predicted molar refractivity (Wildman–Crippen MR) is 123 cm³/mol. The van der Waals surface area contributed by atoms with Crippen LogP contribution in [0.25, 0.3) is 11.3 Å². The number of halogens is 2. The molecule has 0 N–H and O–H groups in total. The summed E-state index contributed by atoms with van der Waals surface area (Å²) < 4.78 is 7.67. The van der Waals surface area contributed by atoms with E-state index in [1.165, 1.54) is 31.8 Å². The Kier molecular flexibility index (Phi) is 8.77. The van der Waals surface area contributed by atoms with Crippen molar-refractivity contribution in [3.63, 3.8) is 0 Å². The third-order valence-corrected chi connectivity index (χ3v) is 6.39. The van der Waals surface area contributed by atoms with Crippen molar-refractivity contribution in [1.82, 2.24) is 10.5 Å². The molecule has 0 saturated carbocycles. The fourth-order valence-corrected chi connectivity index (χ4v) is 3.77. The van der Waals surface area contributed by atoms with Gasteiger partial charge in [0.1, 0.15) is 0 Å². The Morgan fingerprint density at radius 3 is 2.12 bits per heavy atom. The van der Waals surface area contributed by atoms with Crippen LogP contribution < -0.4 is 0 Å². The third-order valence-electron chi connectivity index (χ3n) is 4.15. The molecule has 142 valence electrons. The van der Waals surface area contributed by atoms with Crippen molar-refractivity contribution in [3.05, 3.63) is 75.2 Å². The van der Waals surface area contributed by atoms with Gasteiger partial charge in [0.25, 0.3) is 0 Å². The molecule has 0 radical (unpaired) electrons. The second-order valence-electron chi connectivity index (χ2n) is 6.17. The molecule has 0 aliphatic rings. The van der Waals surface area contributed by atoms with Gasteiger partial charge in [0.15, 0.2) is 0 Å². The maximum absolute atomic E-state index is 2.33. The molecule has 0 saturated heterocycles. The number of imidazole rings is 1. The molecule has 0 amide bonds. The number of hydrogen-bond acceptors (Lipinski definition) is 1. The fraction of sp³-hybridized carbons (Fsp3) is 0.250. The monoisotopic (exact) mass is 754 g/mol. The SMILES string of the molecule is Cc1ccc(CN(I)I)cc1C.Cn1cc(-c2ccccc2)n(C)[c]1=[Pt]. The zero-order chi connectivity index (χ0) is 19.3. The molecule has 26 heavy (non-hydrogen) atoms. The van der Waals surface area contributed by atoms with Gasteiger partial charge in [-0.1, -0.05) is 18.2 Å². The topological polar surface area (TPSA) is 13.1 Å². The molecule has 0 spiro atoms. The van der Waals surface area contributed by atoms with Gasteiger partial charge < -0.3 is 0 Å². The van der Waals surface area contributed by atoms with Crippen molar-refractivity contribution in [3.8, 4) is 11.3 Å². The van der Waals surface area contributed by atoms with Crippen LogP contribution >= 0.6 is 45.7 Å². The van der Waals surface area contributed by atoms with Crippen molar-refractivity contribution >= 4 is 45.7 Å². The van der Waals surface area contributed by atoms with Crippen LogP contribution in [0.5, 0.6) is 0 Å². The molecule has 0 aliphatic heterocycles. The zero-order valence-electron chi connectivity index (χ0n) is 15.3. The van der Waals surface area contributed by atoms with Gasteiger partial charge in [0.2, 0.25) is 0 Å². The molecule has 6 heteroatoms. The number of benzene rings is 2. The maximum atomic E-state index is 2.33. The Morgan fingerprint density at radius 2 is 1.62 bits per heavy atom. The first-order valence-corrected chi connectivity index (χ1v) is 11.2. The number of aryl methyl sites for hydroxylation is 3. The Morgan fingerprint density at radius 1 is 0.962 bits per heavy atom. The molecule has 0 atom stereocenters. The number of hydrogen-bond donors (Lipinski definition) is 0. The van der Waals surface area contributed by atoms with Crippen LogP contribution in [0.2, 0.25) is 0 Å². The summed E-state index contributed by atoms with van der Waals surface area (Å²) in [7, 11) is 4.15. The molecule has 0 fully saturated rings. The van der Waals surface area contributed by atoms with Crippen LogP contribution in [-0.4, -0.2) is 10.5 Å². The Hall–Kier alpha value is -0.242. The van der Waals surface area contributed by atoms with Crippen molar-refractivity contribution in [1.29, 1.82) is 0 Å². The van der Waals surface area contributed by atoms with Gasteiger partial charge in [0.05, 0.1) is 0 Å². The Labute approximate surface area is 194 Å². The summed E-state index contributed by atoms with van der Waals surface area (Å²) >= 11 is 6.90. The molecular weight excluding hydrogens is 731 g/mol. The molecule has 0 aliphatic carbocycles. The molecule has 1 heterocycles. The van der Waals surface area contributed by atoms with E-state index < -0.39 is 0 Å². The Balaban J connectivity index is 0.000000190. The van der Waals surface area contributed by atoms with E-state index in [9.17, 15) is 0 Å². The minimum atomic E-state index is 1.00. The summed E-state index contributed by atoms with van der Waals surface area (Å²) in [6.07, 6.45) is 2.15. The van der Waals surface area contributed by atoms with Crippen molar-refractivity contribution in [2.45, 2.75) is 20.4 Å². The van der Waals surface area contributed by atoms with E-state index in [1.54, 1.807) is 0 Å². The van der Waals surface area contributed by atoms with E-state index in [0.717, 1.165) is 6.54 Å². The second kappa shape index (κ2) is 10.3. The van der Waals surface area contributed by atoms with E-state index in [0.29, 0.717) is 0 Å². The van der Waals surface area contributed by atoms with Gasteiger partial charge in [-0.05, 0) is 30.5 Å². The van der Waals surface area contributed by atoms with Gasteiger partial charge >= 0.3 is 94.2 Å². The van der Waals surface area contributed by atoms with E-state index in [2.05, 4.69) is 152 Å². The zero-order valence-corrected chi connectivity index (χ0v) is 21.9. The van der Waals surface area contributed by atoms with Gasteiger partial charge in [-0.25, -0.2) is 0 Å². The number of aromatic nitrogens is 2. The van der Waals surface area contributed by atoms with Crippen molar-refractivity contribution in [2.75, 3.05) is 0 Å². The van der Waals surface area contributed by atoms with E-state index in [4.69, 9.17) is 0 Å². The summed E-state index contributed by atoms with van der Waals surface area (Å²) in [5.74, 6) is 0. The second-order valence-corrected chi connectivity index (χ2v) is 11.4. The quantitative estimate of drug-likeness (QED) is 0.240. The average Bonchev–Trinajstić information content (AvgIpc) is 2.87. The summed E-state index contributed by atoms with van der Waals surface area (Å²) in [5, 5.41) is 0. The van der Waals surface area contributed by atoms with Crippen molar-refractivity contribution < 1.29 is 19.4 Å². The van der Waals surface area contributed by atoms with E-state index >= 15 is 0 Å². The molecule has 2 aromatic carbocycles. The molecule has 1 aromatic heterocycles. The summed E-state index contributed by atoms with van der Waals surface area (Å²) in [5.41, 5.74) is 6.63. The Bertz CT molecular complexity index is 915. The fourth-order valence-electron chi connectivity index (χ4n) is 2.56. The number of nitrogens with zero attached hydrogens (tertiary/aromatic N) is 3. The number of rotatable bonds is 3. The van der Waals surface area contributed by atoms with E-state index in [1.807, 2.05) is 6.07 Å². The van der Waals surface area contributed by atoms with Crippen molar-refractivity contribution in [2.24, 2.45) is 14.1 Å². The summed E-state index contributed by atoms with van der Waals surface area (Å²) in [6, 6.07) is 17.0. The molecule has 3 nitrogen and oxygen atoms in total. The van der Waals surface area contributed by atoms with Crippen LogP contribution in [-0.2, 0) is 40.0 Å². The minimum absolute atomic E-state index is 1.00. The first-order chi connectivity index (χ1) is 12.3. The van der Waals surface area contributed by atoms with E-state index in [-0.39, 0.29) is 0 Å². The summed E-state index contributed by atoms with van der Waals surface area (Å²) in [6.45, 7) is 5.30. The molecule has 3 rings (SSSR count). The first kappa shape index (κ1) is 22.1. The molecular formula is C20H23I2N3Pt. The van der Waals surface area contributed by atoms with Crippen LogP contribution in [0.1, 0.15) is 16.7 Å². The third kappa shape index (κ3) is 6.14. The van der Waals surface area contributed by atoms with Crippen LogP contribution in [0.15, 0.2) is 54.7 Å². The van der Waals surface area contributed by atoms with Gasteiger partial charge in [-0.3, -0.25) is 0 Å². The van der Waals surface area contributed by atoms with Crippen LogP contribution in [0.4, 0.5) is 0 Å². The van der Waals surface area contributed by atoms with Gasteiger partial charge in [0, 0.05) is 52.3 Å². The van der Waals surface area contributed by atoms with Crippen LogP contribution in [0.3, 0.4) is 0 Å². The van der Waals surface area contributed by atoms with Gasteiger partial charge in [-0.2, -0.15) is 1.33 Å². The molecule has 0 unspecified atom stereocenters. The van der Waals surface area contributed by atoms with Gasteiger partial charge in [-0.15, -0.1) is 0 Å². The normalized spacial score (nSPS) is 10.7. The standard InChI is InChI=1S/C11H12N2.C9H11I2N.Pt/c1-12-8-11(13(2)9-12)10-6-4-3-5-7-10;1-7-3-4-9(5-8(7)2)6-12(10)11;/h3-8H,1-2H3;3-5H,6H2,1-2H3;. The first-order valence-electron chi connectivity index (χ1n) is 8.18. The molecule has 0 bridgehead atoms. The summed E-state index contributed by atoms with van der Waals surface area (Å²) in [4.78, 5) is 0. The predicted octanol–water partition coefficient (Wildman–Crippen LogP) is 5.91.